The molecule has 0 unspecified atom stereocenters. The van der Waals surface area contributed by atoms with Crippen molar-refractivity contribution in [2.24, 2.45) is 0 Å². The van der Waals surface area contributed by atoms with Crippen molar-refractivity contribution in [2.75, 3.05) is 13.1 Å². The van der Waals surface area contributed by atoms with Gasteiger partial charge in [0.25, 0.3) is 0 Å². The lowest BCUT2D eigenvalue weighted by Crippen LogP contribution is -2.52. The molecular formula is C21H20Cl2N4O3S. The SMILES string of the molecule is Cc1nn(-c2ccccc2)c(C)c1[C@H]1C(=O)NCCN1S(=O)(=O)c1cc(Cl)cc(Cl)c1. The molecule has 1 N–H and O–H groups in total. The molecule has 2 aromatic carbocycles. The summed E-state index contributed by atoms with van der Waals surface area (Å²) in [6.45, 7) is 3.90. The van der Waals surface area contributed by atoms with E-state index in [4.69, 9.17) is 23.2 Å². The third kappa shape index (κ3) is 3.96. The van der Waals surface area contributed by atoms with Crippen LogP contribution in [0, 0.1) is 13.8 Å². The maximum atomic E-state index is 13.5. The molecule has 4 rings (SSSR count). The number of aryl methyl sites for hydroxylation is 1. The predicted molar refractivity (Wildman–Crippen MR) is 119 cm³/mol. The number of nitrogens with one attached hydrogen (secondary N) is 1. The van der Waals surface area contributed by atoms with Gasteiger partial charge in [-0.25, -0.2) is 13.1 Å². The topological polar surface area (TPSA) is 84.3 Å². The van der Waals surface area contributed by atoms with Gasteiger partial charge in [0.05, 0.1) is 16.3 Å². The van der Waals surface area contributed by atoms with Gasteiger partial charge in [-0.15, -0.1) is 0 Å². The van der Waals surface area contributed by atoms with Crippen LogP contribution < -0.4 is 5.32 Å². The van der Waals surface area contributed by atoms with Gasteiger partial charge >= 0.3 is 0 Å². The normalized spacial score (nSPS) is 17.5. The minimum Gasteiger partial charge on any atom is -0.353 e. The van der Waals surface area contributed by atoms with Gasteiger partial charge in [-0.3, -0.25) is 4.79 Å². The fraction of sp³-hybridized carbons (Fsp3) is 0.238. The van der Waals surface area contributed by atoms with E-state index in [-0.39, 0.29) is 28.0 Å². The van der Waals surface area contributed by atoms with Crippen LogP contribution in [0.15, 0.2) is 53.4 Å². The van der Waals surface area contributed by atoms with Crippen LogP contribution in [0.2, 0.25) is 10.0 Å². The maximum absolute atomic E-state index is 13.5. The largest absolute Gasteiger partial charge is 0.353 e. The van der Waals surface area contributed by atoms with Crippen molar-refractivity contribution in [3.63, 3.8) is 0 Å². The van der Waals surface area contributed by atoms with Crippen LogP contribution in [0.4, 0.5) is 0 Å². The van der Waals surface area contributed by atoms with Crippen LogP contribution in [-0.4, -0.2) is 41.5 Å². The smallest absolute Gasteiger partial charge is 0.244 e. The number of carbonyl (C=O) groups is 1. The van der Waals surface area contributed by atoms with E-state index in [1.54, 1.807) is 11.6 Å². The lowest BCUT2D eigenvalue weighted by atomic mass is 10.0. The zero-order chi connectivity index (χ0) is 22.3. The molecule has 1 atom stereocenters. The molecule has 0 radical (unpaired) electrons. The lowest BCUT2D eigenvalue weighted by Gasteiger charge is -2.34. The molecule has 0 saturated carbocycles. The highest BCUT2D eigenvalue weighted by atomic mass is 35.5. The standard InChI is InChI=1S/C21H20Cl2N4O3S/c1-13-19(14(2)27(25-13)17-6-4-3-5-7-17)20-21(28)24-8-9-26(20)31(29,30)18-11-15(22)10-16(23)12-18/h3-7,10-12,20H,8-9H2,1-2H3,(H,24,28)/t20-/m0/s1. The lowest BCUT2D eigenvalue weighted by molar-refractivity contribution is -0.127. The summed E-state index contributed by atoms with van der Waals surface area (Å²) in [5.41, 5.74) is 2.64. The van der Waals surface area contributed by atoms with Crippen LogP contribution in [0.3, 0.4) is 0 Å². The molecule has 3 aromatic rings. The van der Waals surface area contributed by atoms with Gasteiger partial charge in [0, 0.05) is 34.4 Å². The Morgan fingerprint density at radius 3 is 2.35 bits per heavy atom. The minimum absolute atomic E-state index is 0.0598. The molecule has 0 bridgehead atoms. The van der Waals surface area contributed by atoms with Crippen molar-refractivity contribution in [1.82, 2.24) is 19.4 Å². The average molecular weight is 479 g/mol. The van der Waals surface area contributed by atoms with E-state index in [1.165, 1.54) is 22.5 Å². The first-order valence-corrected chi connectivity index (χ1v) is 11.8. The van der Waals surface area contributed by atoms with E-state index >= 15 is 0 Å². The number of para-hydroxylation sites is 1. The Kier molecular flexibility index (Phi) is 5.83. The monoisotopic (exact) mass is 478 g/mol. The Bertz CT molecular complexity index is 1240. The van der Waals surface area contributed by atoms with Crippen LogP contribution >= 0.6 is 23.2 Å². The summed E-state index contributed by atoms with van der Waals surface area (Å²) < 4.78 is 30.0. The Balaban J connectivity index is 1.85. The maximum Gasteiger partial charge on any atom is 0.244 e. The Hall–Kier alpha value is -2.39. The van der Waals surface area contributed by atoms with Gasteiger partial charge in [0.15, 0.2) is 0 Å². The summed E-state index contributed by atoms with van der Waals surface area (Å²) in [6.07, 6.45) is 0. The highest BCUT2D eigenvalue weighted by molar-refractivity contribution is 7.89. The van der Waals surface area contributed by atoms with Gasteiger partial charge in [-0.1, -0.05) is 41.4 Å². The Morgan fingerprint density at radius 1 is 1.06 bits per heavy atom. The first kappa shape index (κ1) is 21.8. The molecule has 1 saturated heterocycles. The van der Waals surface area contributed by atoms with E-state index in [9.17, 15) is 13.2 Å². The molecule has 1 aliphatic heterocycles. The molecule has 1 fully saturated rings. The number of halogens is 2. The second-order valence-corrected chi connectivity index (χ2v) is 10.0. The number of amides is 1. The van der Waals surface area contributed by atoms with Crippen molar-refractivity contribution in [3.05, 3.63) is 75.5 Å². The van der Waals surface area contributed by atoms with Crippen LogP contribution in [-0.2, 0) is 14.8 Å². The number of aromatic nitrogens is 2. The van der Waals surface area contributed by atoms with Crippen molar-refractivity contribution >= 4 is 39.1 Å². The number of hydrogen-bond donors (Lipinski definition) is 1. The highest BCUT2D eigenvalue weighted by Crippen LogP contribution is 2.35. The third-order valence-corrected chi connectivity index (χ3v) is 7.51. The molecule has 162 valence electrons. The molecule has 1 aromatic heterocycles. The number of rotatable bonds is 4. The van der Waals surface area contributed by atoms with Gasteiger partial charge in [-0.2, -0.15) is 9.40 Å². The molecule has 7 nitrogen and oxygen atoms in total. The van der Waals surface area contributed by atoms with Crippen molar-refractivity contribution in [3.8, 4) is 5.69 Å². The van der Waals surface area contributed by atoms with Gasteiger partial charge in [0.2, 0.25) is 15.9 Å². The number of sulfonamides is 1. The average Bonchev–Trinajstić information content (AvgIpc) is 3.02. The summed E-state index contributed by atoms with van der Waals surface area (Å²) in [6, 6.07) is 12.5. The van der Waals surface area contributed by atoms with Crippen LogP contribution in [0.5, 0.6) is 0 Å². The van der Waals surface area contributed by atoms with E-state index in [0.717, 1.165) is 5.69 Å². The summed E-state index contributed by atoms with van der Waals surface area (Å²) in [4.78, 5) is 12.9. The molecule has 10 heteroatoms. The Morgan fingerprint density at radius 2 is 1.71 bits per heavy atom. The van der Waals surface area contributed by atoms with Crippen molar-refractivity contribution < 1.29 is 13.2 Å². The van der Waals surface area contributed by atoms with E-state index < -0.39 is 22.0 Å². The zero-order valence-electron chi connectivity index (χ0n) is 16.8. The van der Waals surface area contributed by atoms with Crippen LogP contribution in [0.1, 0.15) is 23.0 Å². The second kappa shape index (κ2) is 8.27. The van der Waals surface area contributed by atoms with Crippen LogP contribution in [0.25, 0.3) is 5.69 Å². The van der Waals surface area contributed by atoms with Gasteiger partial charge in [-0.05, 0) is 44.2 Å². The fourth-order valence-corrected chi connectivity index (χ4v) is 6.15. The first-order chi connectivity index (χ1) is 14.7. The summed E-state index contributed by atoms with van der Waals surface area (Å²) in [5.74, 6) is -0.401. The molecule has 1 aliphatic rings. The molecule has 1 amide bonds. The number of nitrogens with zero attached hydrogens (tertiary/aromatic N) is 3. The summed E-state index contributed by atoms with van der Waals surface area (Å²) in [7, 11) is -4.06. The third-order valence-electron chi connectivity index (χ3n) is 5.23. The van der Waals surface area contributed by atoms with E-state index in [2.05, 4.69) is 10.4 Å². The van der Waals surface area contributed by atoms with Crippen molar-refractivity contribution in [1.29, 1.82) is 0 Å². The number of piperazine rings is 1. The molecule has 0 aliphatic carbocycles. The van der Waals surface area contributed by atoms with Gasteiger partial charge < -0.3 is 5.32 Å². The summed E-state index contributed by atoms with van der Waals surface area (Å²) in [5, 5.41) is 7.76. The van der Waals surface area contributed by atoms with E-state index in [0.29, 0.717) is 17.0 Å². The molecule has 31 heavy (non-hydrogen) atoms. The number of benzene rings is 2. The van der Waals surface area contributed by atoms with E-state index in [1.807, 2.05) is 37.3 Å². The highest BCUT2D eigenvalue weighted by Gasteiger charge is 2.42. The summed E-state index contributed by atoms with van der Waals surface area (Å²) >= 11 is 12.1. The quantitative estimate of drug-likeness (QED) is 0.619. The second-order valence-electron chi connectivity index (χ2n) is 7.25. The minimum atomic E-state index is -4.06. The fourth-order valence-electron chi connectivity index (χ4n) is 3.86. The Labute approximate surface area is 190 Å². The molecular weight excluding hydrogens is 459 g/mol. The number of carbonyl (C=O) groups excluding carboxylic acids is 1. The first-order valence-electron chi connectivity index (χ1n) is 9.57. The molecule has 2 heterocycles. The number of hydrogen-bond acceptors (Lipinski definition) is 4. The molecule has 0 spiro atoms. The van der Waals surface area contributed by atoms with Gasteiger partial charge in [0.1, 0.15) is 6.04 Å². The predicted octanol–water partition coefficient (Wildman–Crippen LogP) is 3.66. The zero-order valence-corrected chi connectivity index (χ0v) is 19.2. The van der Waals surface area contributed by atoms with Crippen molar-refractivity contribution in [2.45, 2.75) is 24.8 Å².